The van der Waals surface area contributed by atoms with Gasteiger partial charge < -0.3 is 14.7 Å². The summed E-state index contributed by atoms with van der Waals surface area (Å²) in [5.74, 6) is -0.905. The van der Waals surface area contributed by atoms with E-state index < -0.39 is 5.97 Å². The summed E-state index contributed by atoms with van der Waals surface area (Å²) >= 11 is 0. The van der Waals surface area contributed by atoms with Gasteiger partial charge in [-0.05, 0) is 25.0 Å². The molecule has 4 rings (SSSR count). The molecule has 1 aliphatic heterocycles. The van der Waals surface area contributed by atoms with Gasteiger partial charge in [-0.25, -0.2) is 0 Å². The molecule has 0 atom stereocenters. The molecule has 2 heterocycles. The fraction of sp³-hybridized carbons (Fsp3) is 0.444. The van der Waals surface area contributed by atoms with E-state index >= 15 is 0 Å². The van der Waals surface area contributed by atoms with Gasteiger partial charge in [-0.1, -0.05) is 18.2 Å². The van der Waals surface area contributed by atoms with Gasteiger partial charge in [0.05, 0.1) is 37.4 Å². The Morgan fingerprint density at radius 1 is 1.29 bits per heavy atom. The quantitative estimate of drug-likeness (QED) is 0.934. The van der Waals surface area contributed by atoms with Crippen molar-refractivity contribution in [3.05, 3.63) is 47.8 Å². The average molecular weight is 327 g/mol. The Kier molecular flexibility index (Phi) is 3.98. The van der Waals surface area contributed by atoms with Gasteiger partial charge in [-0.3, -0.25) is 9.48 Å². The highest BCUT2D eigenvalue weighted by Crippen LogP contribution is 2.37. The van der Waals surface area contributed by atoms with E-state index in [-0.39, 0.29) is 12.0 Å². The van der Waals surface area contributed by atoms with Gasteiger partial charge in [0.15, 0.2) is 0 Å². The molecule has 0 spiro atoms. The van der Waals surface area contributed by atoms with Crippen molar-refractivity contribution in [3.63, 3.8) is 0 Å². The molecule has 1 aromatic carbocycles. The van der Waals surface area contributed by atoms with Crippen LogP contribution in [0, 0.1) is 5.92 Å². The van der Waals surface area contributed by atoms with Crippen molar-refractivity contribution >= 4 is 11.7 Å². The van der Waals surface area contributed by atoms with Crippen LogP contribution in [0.5, 0.6) is 0 Å². The predicted octanol–water partition coefficient (Wildman–Crippen LogP) is 2.46. The Hall–Kier alpha value is -2.34. The number of hydrogen-bond donors (Lipinski definition) is 1. The topological polar surface area (TPSA) is 67.6 Å². The summed E-state index contributed by atoms with van der Waals surface area (Å²) in [6, 6.07) is 10.6. The molecular weight excluding hydrogens is 306 g/mol. The summed E-state index contributed by atoms with van der Waals surface area (Å²) in [6.07, 6.45) is 3.33. The summed E-state index contributed by atoms with van der Waals surface area (Å²) < 4.78 is 7.60. The zero-order valence-corrected chi connectivity index (χ0v) is 13.5. The van der Waals surface area contributed by atoms with Crippen LogP contribution in [-0.4, -0.2) is 34.0 Å². The summed E-state index contributed by atoms with van der Waals surface area (Å²) in [6.45, 7) is 2.94. The van der Waals surface area contributed by atoms with Crippen LogP contribution in [0.15, 0.2) is 36.5 Å². The minimum Gasteiger partial charge on any atom is -0.481 e. The van der Waals surface area contributed by atoms with Crippen molar-refractivity contribution in [2.75, 3.05) is 18.1 Å². The van der Waals surface area contributed by atoms with E-state index in [4.69, 9.17) is 9.84 Å². The lowest BCUT2D eigenvalue weighted by Gasteiger charge is -2.32. The van der Waals surface area contributed by atoms with Gasteiger partial charge in [0.2, 0.25) is 0 Å². The molecule has 0 radical (unpaired) electrons. The number of nitrogens with zero attached hydrogens (tertiary/aromatic N) is 3. The SMILES string of the molecule is O=C(O)C1CC(n2ccc(CN3CCOCc4ccccc43)n2)C1. The molecule has 1 aromatic heterocycles. The highest BCUT2D eigenvalue weighted by atomic mass is 16.5. The second-order valence-corrected chi connectivity index (χ2v) is 6.55. The van der Waals surface area contributed by atoms with Gasteiger partial charge in [-0.15, -0.1) is 0 Å². The minimum absolute atomic E-state index is 0.211. The van der Waals surface area contributed by atoms with Crippen LogP contribution in [0.25, 0.3) is 0 Å². The van der Waals surface area contributed by atoms with Crippen LogP contribution in [0.2, 0.25) is 0 Å². The molecule has 0 saturated heterocycles. The van der Waals surface area contributed by atoms with Gasteiger partial charge in [0.1, 0.15) is 0 Å². The van der Waals surface area contributed by atoms with E-state index in [9.17, 15) is 4.79 Å². The molecule has 126 valence electrons. The molecule has 0 unspecified atom stereocenters. The molecule has 6 nitrogen and oxygen atoms in total. The third kappa shape index (κ3) is 2.89. The third-order valence-corrected chi connectivity index (χ3v) is 4.95. The van der Waals surface area contributed by atoms with Crippen LogP contribution in [0.3, 0.4) is 0 Å². The highest BCUT2D eigenvalue weighted by molar-refractivity contribution is 5.71. The van der Waals surface area contributed by atoms with Gasteiger partial charge >= 0.3 is 5.97 Å². The molecular formula is C18H21N3O3. The van der Waals surface area contributed by atoms with Crippen molar-refractivity contribution in [1.29, 1.82) is 0 Å². The lowest BCUT2D eigenvalue weighted by Crippen LogP contribution is -2.32. The first-order chi connectivity index (χ1) is 11.7. The molecule has 24 heavy (non-hydrogen) atoms. The molecule has 0 bridgehead atoms. The Bertz CT molecular complexity index is 737. The minimum atomic E-state index is -0.695. The normalized spacial score (nSPS) is 23.2. The van der Waals surface area contributed by atoms with Gasteiger partial charge in [0, 0.05) is 24.0 Å². The van der Waals surface area contributed by atoms with Crippen molar-refractivity contribution in [3.8, 4) is 0 Å². The van der Waals surface area contributed by atoms with Gasteiger partial charge in [0.25, 0.3) is 0 Å². The zero-order chi connectivity index (χ0) is 16.5. The lowest BCUT2D eigenvalue weighted by molar-refractivity contribution is -0.146. The first-order valence-corrected chi connectivity index (χ1v) is 8.38. The summed E-state index contributed by atoms with van der Waals surface area (Å²) in [5, 5.41) is 13.7. The fourth-order valence-electron chi connectivity index (χ4n) is 3.45. The highest BCUT2D eigenvalue weighted by Gasteiger charge is 2.36. The number of carboxylic acids is 1. The first kappa shape index (κ1) is 15.2. The Morgan fingerprint density at radius 2 is 2.12 bits per heavy atom. The second kappa shape index (κ2) is 6.28. The molecule has 0 amide bonds. The van der Waals surface area contributed by atoms with Crippen molar-refractivity contribution in [2.45, 2.75) is 32.0 Å². The van der Waals surface area contributed by atoms with Crippen LogP contribution in [0.1, 0.15) is 30.1 Å². The summed E-state index contributed by atoms with van der Waals surface area (Å²) in [4.78, 5) is 13.2. The Morgan fingerprint density at radius 3 is 2.96 bits per heavy atom. The number of rotatable bonds is 4. The largest absolute Gasteiger partial charge is 0.481 e. The smallest absolute Gasteiger partial charge is 0.306 e. The molecule has 1 aliphatic carbocycles. The summed E-state index contributed by atoms with van der Waals surface area (Å²) in [7, 11) is 0. The maximum Gasteiger partial charge on any atom is 0.306 e. The Labute approximate surface area is 140 Å². The number of hydrogen-bond acceptors (Lipinski definition) is 4. The van der Waals surface area contributed by atoms with E-state index in [0.717, 1.165) is 18.8 Å². The van der Waals surface area contributed by atoms with E-state index in [0.29, 0.717) is 26.1 Å². The van der Waals surface area contributed by atoms with Crippen molar-refractivity contribution in [1.82, 2.24) is 9.78 Å². The molecule has 2 aromatic rings. The number of anilines is 1. The lowest BCUT2D eigenvalue weighted by atomic mass is 9.80. The van der Waals surface area contributed by atoms with Crippen molar-refractivity contribution in [2.24, 2.45) is 5.92 Å². The molecule has 6 heteroatoms. The van der Waals surface area contributed by atoms with E-state index in [1.807, 2.05) is 23.0 Å². The molecule has 1 fully saturated rings. The van der Waals surface area contributed by atoms with E-state index in [1.165, 1.54) is 11.3 Å². The molecule has 2 aliphatic rings. The number of para-hydroxylation sites is 1. The zero-order valence-electron chi connectivity index (χ0n) is 13.5. The maximum atomic E-state index is 10.9. The monoisotopic (exact) mass is 327 g/mol. The third-order valence-electron chi connectivity index (χ3n) is 4.95. The number of benzene rings is 1. The Balaban J connectivity index is 1.46. The second-order valence-electron chi connectivity index (χ2n) is 6.55. The first-order valence-electron chi connectivity index (χ1n) is 8.38. The number of fused-ring (bicyclic) bond motifs is 1. The van der Waals surface area contributed by atoms with Gasteiger partial charge in [-0.2, -0.15) is 5.10 Å². The number of aromatic nitrogens is 2. The van der Waals surface area contributed by atoms with Crippen LogP contribution < -0.4 is 4.90 Å². The van der Waals surface area contributed by atoms with E-state index in [1.54, 1.807) is 0 Å². The van der Waals surface area contributed by atoms with Crippen molar-refractivity contribution < 1.29 is 14.6 Å². The maximum absolute atomic E-state index is 10.9. The number of ether oxygens (including phenoxy) is 1. The number of carbonyl (C=O) groups is 1. The summed E-state index contributed by atoms with van der Waals surface area (Å²) in [5.41, 5.74) is 3.42. The average Bonchev–Trinajstić information content (AvgIpc) is 2.87. The van der Waals surface area contributed by atoms with E-state index in [2.05, 4.69) is 28.2 Å². The molecule has 1 N–H and O–H groups in total. The van der Waals surface area contributed by atoms with Crippen LogP contribution >= 0.6 is 0 Å². The fourth-order valence-corrected chi connectivity index (χ4v) is 3.45. The number of aliphatic carboxylic acids is 1. The predicted molar refractivity (Wildman–Crippen MR) is 88.8 cm³/mol. The molecule has 1 saturated carbocycles. The van der Waals surface area contributed by atoms with Crippen LogP contribution in [-0.2, 0) is 22.7 Å². The standard InChI is InChI=1S/C18H21N3O3/c22-18(23)14-9-16(10-14)21-6-5-15(19-21)11-20-7-8-24-12-13-3-1-2-4-17(13)20/h1-6,14,16H,7-12H2,(H,22,23). The van der Waals surface area contributed by atoms with Crippen LogP contribution in [0.4, 0.5) is 5.69 Å². The number of carboxylic acid groups (broad SMARTS) is 1.